The molecule has 0 heterocycles. The van der Waals surface area contributed by atoms with Crippen molar-refractivity contribution in [1.82, 2.24) is 0 Å². The molecule has 2 nitrogen and oxygen atoms in total. The first-order chi connectivity index (χ1) is 8.79. The minimum absolute atomic E-state index is 0.717. The Kier molecular flexibility index (Phi) is 10.1. The van der Waals surface area contributed by atoms with Crippen LogP contribution in [0.15, 0.2) is 60.7 Å². The molecule has 2 aromatic rings. The average Bonchev–Trinajstić information content (AvgIpc) is 2.34. The van der Waals surface area contributed by atoms with Gasteiger partial charge in [-0.2, -0.15) is 8.42 Å². The molecule has 0 amide bonds. The quantitative estimate of drug-likeness (QED) is 0.591. The van der Waals surface area contributed by atoms with Crippen molar-refractivity contribution in [3.05, 3.63) is 70.7 Å². The van der Waals surface area contributed by atoms with Crippen molar-refractivity contribution in [2.75, 3.05) is 0 Å². The summed E-state index contributed by atoms with van der Waals surface area (Å²) in [5.41, 5.74) is 0. The van der Waals surface area contributed by atoms with Crippen LogP contribution in [0.2, 0.25) is 10.0 Å². The van der Waals surface area contributed by atoms with Crippen LogP contribution in [-0.2, 0) is 8.26 Å². The summed E-state index contributed by atoms with van der Waals surface area (Å²) in [5, 5.41) is 1.43. The SMILES string of the molecule is Clc1ccc(Cl)cc1.O=S(=O)(Cl)Cl.c1ccccc1. The van der Waals surface area contributed by atoms with Gasteiger partial charge in [0.05, 0.1) is 0 Å². The second kappa shape index (κ2) is 10.4. The first-order valence-corrected chi connectivity index (χ1v) is 8.73. The summed E-state index contributed by atoms with van der Waals surface area (Å²) in [6.07, 6.45) is 0. The number of benzene rings is 2. The van der Waals surface area contributed by atoms with Crippen molar-refractivity contribution < 1.29 is 8.42 Å². The minimum Gasteiger partial charge on any atom is -0.195 e. The van der Waals surface area contributed by atoms with Gasteiger partial charge in [-0.3, -0.25) is 0 Å². The summed E-state index contributed by atoms with van der Waals surface area (Å²) in [6.45, 7) is 0. The van der Waals surface area contributed by atoms with Crippen LogP contribution in [0.1, 0.15) is 0 Å². The maximum Gasteiger partial charge on any atom is 0.317 e. The highest BCUT2D eigenvalue weighted by atomic mass is 36.0. The predicted octanol–water partition coefficient (Wildman–Crippen LogP) is 5.39. The second-order valence-electron chi connectivity index (χ2n) is 2.97. The third kappa shape index (κ3) is 17.6. The zero-order chi connectivity index (χ0) is 14.7. The van der Waals surface area contributed by atoms with Gasteiger partial charge in [0.1, 0.15) is 0 Å². The molecular weight excluding hydrogens is 350 g/mol. The molecule has 7 heteroatoms. The smallest absolute Gasteiger partial charge is 0.195 e. The van der Waals surface area contributed by atoms with Crippen LogP contribution in [0.5, 0.6) is 0 Å². The molecular formula is C12H10Cl4O2S. The molecule has 0 saturated heterocycles. The molecule has 0 aromatic heterocycles. The van der Waals surface area contributed by atoms with Gasteiger partial charge in [0.2, 0.25) is 0 Å². The number of hydrogen-bond donors (Lipinski definition) is 0. The zero-order valence-corrected chi connectivity index (χ0v) is 13.4. The average molecular weight is 360 g/mol. The van der Waals surface area contributed by atoms with Gasteiger partial charge in [-0.25, -0.2) is 0 Å². The van der Waals surface area contributed by atoms with E-state index in [1.54, 1.807) is 24.3 Å². The highest BCUT2D eigenvalue weighted by Crippen LogP contribution is 2.12. The van der Waals surface area contributed by atoms with Crippen molar-refractivity contribution in [2.24, 2.45) is 0 Å². The van der Waals surface area contributed by atoms with Gasteiger partial charge in [0, 0.05) is 31.4 Å². The Balaban J connectivity index is 0.000000265. The molecule has 19 heavy (non-hydrogen) atoms. The lowest BCUT2D eigenvalue weighted by Gasteiger charge is -1.86. The van der Waals surface area contributed by atoms with Crippen molar-refractivity contribution in [3.8, 4) is 0 Å². The van der Waals surface area contributed by atoms with E-state index in [0.29, 0.717) is 0 Å². The van der Waals surface area contributed by atoms with Crippen LogP contribution in [-0.4, -0.2) is 8.42 Å². The molecule has 0 atom stereocenters. The largest absolute Gasteiger partial charge is 0.317 e. The van der Waals surface area contributed by atoms with E-state index in [4.69, 9.17) is 31.6 Å². The highest BCUT2D eigenvalue weighted by molar-refractivity contribution is 8.31. The van der Waals surface area contributed by atoms with Crippen LogP contribution in [0, 0.1) is 0 Å². The van der Waals surface area contributed by atoms with E-state index in [9.17, 15) is 0 Å². The van der Waals surface area contributed by atoms with E-state index in [-0.39, 0.29) is 0 Å². The van der Waals surface area contributed by atoms with Gasteiger partial charge in [-0.05, 0) is 24.3 Å². The number of rotatable bonds is 0. The molecule has 0 fully saturated rings. The fraction of sp³-hybridized carbons (Fsp3) is 0. The molecule has 0 radical (unpaired) electrons. The molecule has 0 spiro atoms. The van der Waals surface area contributed by atoms with Crippen LogP contribution in [0.25, 0.3) is 0 Å². The highest BCUT2D eigenvalue weighted by Gasteiger charge is 1.88. The van der Waals surface area contributed by atoms with Crippen molar-refractivity contribution >= 4 is 52.8 Å². The lowest BCUT2D eigenvalue weighted by molar-refractivity contribution is 0.621. The van der Waals surface area contributed by atoms with Crippen LogP contribution in [0.4, 0.5) is 0 Å². The summed E-state index contributed by atoms with van der Waals surface area (Å²) in [7, 11) is 4.81. The van der Waals surface area contributed by atoms with E-state index in [1.807, 2.05) is 36.4 Å². The standard InChI is InChI=1S/C6H4Cl2.C6H6.Cl2O2S/c7-5-1-2-6(8)4-3-5;1-2-4-6-5-3-1;1-5(2,3)4/h1-4H;1-6H;. The van der Waals surface area contributed by atoms with Crippen LogP contribution in [0.3, 0.4) is 0 Å². The molecule has 104 valence electrons. The lowest BCUT2D eigenvalue weighted by Crippen LogP contribution is -1.63. The molecule has 2 aromatic carbocycles. The molecule has 0 aliphatic heterocycles. The van der Waals surface area contributed by atoms with E-state index in [1.165, 1.54) is 0 Å². The van der Waals surface area contributed by atoms with Gasteiger partial charge in [0.25, 0.3) is 0 Å². The molecule has 0 saturated carbocycles. The Morgan fingerprint density at radius 2 is 0.789 bits per heavy atom. The topological polar surface area (TPSA) is 34.1 Å². The Labute approximate surface area is 131 Å². The Bertz CT molecular complexity index is 486. The van der Waals surface area contributed by atoms with Crippen molar-refractivity contribution in [1.29, 1.82) is 0 Å². The molecule has 0 N–H and O–H groups in total. The summed E-state index contributed by atoms with van der Waals surface area (Å²) < 4.78 is 18.3. The molecule has 2 rings (SSSR count). The maximum absolute atomic E-state index is 9.16. The fourth-order valence-corrected chi connectivity index (χ4v) is 1.07. The van der Waals surface area contributed by atoms with Crippen LogP contribution >= 0.6 is 44.6 Å². The first-order valence-electron chi connectivity index (χ1n) is 4.84. The third-order valence-corrected chi connectivity index (χ3v) is 1.97. The second-order valence-corrected chi connectivity index (χ2v) is 7.51. The number of halogens is 4. The van der Waals surface area contributed by atoms with E-state index in [0.717, 1.165) is 10.0 Å². The maximum atomic E-state index is 9.16. The van der Waals surface area contributed by atoms with Gasteiger partial charge < -0.3 is 0 Å². The summed E-state index contributed by atoms with van der Waals surface area (Å²) in [6, 6.07) is 19.0. The van der Waals surface area contributed by atoms with Crippen molar-refractivity contribution in [2.45, 2.75) is 0 Å². The zero-order valence-electron chi connectivity index (χ0n) is 9.51. The fourth-order valence-electron chi connectivity index (χ4n) is 0.814. The molecule has 0 bridgehead atoms. The Morgan fingerprint density at radius 3 is 0.947 bits per heavy atom. The van der Waals surface area contributed by atoms with Gasteiger partial charge in [0.15, 0.2) is 0 Å². The van der Waals surface area contributed by atoms with E-state index < -0.39 is 8.26 Å². The Hall–Kier alpha value is -0.450. The summed E-state index contributed by atoms with van der Waals surface area (Å²) in [5.74, 6) is 0. The van der Waals surface area contributed by atoms with Crippen LogP contribution < -0.4 is 0 Å². The normalized spacial score (nSPS) is 9.47. The third-order valence-electron chi connectivity index (χ3n) is 1.47. The Morgan fingerprint density at radius 1 is 0.632 bits per heavy atom. The first kappa shape index (κ1) is 18.6. The molecule has 0 unspecified atom stereocenters. The summed E-state index contributed by atoms with van der Waals surface area (Å²) in [4.78, 5) is 0. The molecule has 0 aliphatic carbocycles. The monoisotopic (exact) mass is 358 g/mol. The number of hydrogen-bond acceptors (Lipinski definition) is 2. The minimum atomic E-state index is -3.72. The van der Waals surface area contributed by atoms with E-state index >= 15 is 0 Å². The van der Waals surface area contributed by atoms with Crippen molar-refractivity contribution in [3.63, 3.8) is 0 Å². The van der Waals surface area contributed by atoms with Gasteiger partial charge >= 0.3 is 8.26 Å². The predicted molar refractivity (Wildman–Crippen MR) is 83.5 cm³/mol. The van der Waals surface area contributed by atoms with Gasteiger partial charge in [-0.1, -0.05) is 59.6 Å². The summed E-state index contributed by atoms with van der Waals surface area (Å²) >= 11 is 11.1. The van der Waals surface area contributed by atoms with Gasteiger partial charge in [-0.15, -0.1) is 0 Å². The molecule has 0 aliphatic rings. The van der Waals surface area contributed by atoms with E-state index in [2.05, 4.69) is 21.4 Å². The lowest BCUT2D eigenvalue weighted by atomic mass is 10.4.